The maximum atomic E-state index is 13.1. The number of sulfone groups is 1. The minimum absolute atomic E-state index is 0.0200. The molecular formula is C24H26F3N3O6S. The highest BCUT2D eigenvalue weighted by atomic mass is 32.2. The number of ether oxygens (including phenoxy) is 2. The number of aromatic nitrogens is 1. The van der Waals surface area contributed by atoms with Gasteiger partial charge in [0.15, 0.2) is 12.4 Å². The van der Waals surface area contributed by atoms with Gasteiger partial charge in [-0.25, -0.2) is 13.4 Å². The Kier molecular flexibility index (Phi) is 7.01. The molecule has 0 aromatic carbocycles. The van der Waals surface area contributed by atoms with Crippen molar-refractivity contribution >= 4 is 15.7 Å². The number of amides is 1. The van der Waals surface area contributed by atoms with E-state index in [4.69, 9.17) is 9.47 Å². The lowest BCUT2D eigenvalue weighted by Crippen LogP contribution is -2.51. The molecule has 37 heavy (non-hydrogen) atoms. The first-order valence-corrected chi connectivity index (χ1v) is 13.2. The van der Waals surface area contributed by atoms with Crippen molar-refractivity contribution in [3.63, 3.8) is 0 Å². The van der Waals surface area contributed by atoms with Gasteiger partial charge in [0.05, 0.1) is 23.9 Å². The minimum atomic E-state index is -4.60. The molecule has 0 aliphatic carbocycles. The van der Waals surface area contributed by atoms with Gasteiger partial charge in [0.25, 0.3) is 5.88 Å². The smallest absolute Gasteiger partial charge is 0.422 e. The largest absolute Gasteiger partial charge is 0.506 e. The van der Waals surface area contributed by atoms with Gasteiger partial charge in [-0.05, 0) is 45.3 Å². The predicted octanol–water partition coefficient (Wildman–Crippen LogP) is 3.47. The van der Waals surface area contributed by atoms with Crippen molar-refractivity contribution in [3.05, 3.63) is 59.4 Å². The number of aromatic hydroxyl groups is 1. The summed E-state index contributed by atoms with van der Waals surface area (Å²) in [4.78, 5) is 18.7. The summed E-state index contributed by atoms with van der Waals surface area (Å²) < 4.78 is 71.8. The Labute approximate surface area is 211 Å². The number of carbonyl (C=O) groups is 1. The van der Waals surface area contributed by atoms with Crippen molar-refractivity contribution in [2.24, 2.45) is 0 Å². The lowest BCUT2D eigenvalue weighted by molar-refractivity contribution is -0.153. The van der Waals surface area contributed by atoms with Crippen LogP contribution in [0.2, 0.25) is 0 Å². The molecule has 0 radical (unpaired) electrons. The van der Waals surface area contributed by atoms with Crippen LogP contribution in [0.3, 0.4) is 0 Å². The first kappa shape index (κ1) is 26.6. The second-order valence-electron chi connectivity index (χ2n) is 9.30. The Hall–Kier alpha value is -3.48. The molecule has 1 saturated heterocycles. The van der Waals surface area contributed by atoms with Gasteiger partial charge in [-0.2, -0.15) is 13.2 Å². The first-order valence-electron chi connectivity index (χ1n) is 11.4. The molecule has 1 aromatic rings. The zero-order valence-electron chi connectivity index (χ0n) is 20.1. The van der Waals surface area contributed by atoms with E-state index in [0.29, 0.717) is 30.5 Å². The number of hydrogen-bond acceptors (Lipinski definition) is 8. The van der Waals surface area contributed by atoms with Gasteiger partial charge in [0.2, 0.25) is 5.91 Å². The summed E-state index contributed by atoms with van der Waals surface area (Å²) >= 11 is 0. The second-order valence-corrected chi connectivity index (χ2v) is 11.6. The van der Waals surface area contributed by atoms with E-state index < -0.39 is 33.9 Å². The van der Waals surface area contributed by atoms with Crippen LogP contribution in [-0.2, 0) is 14.6 Å². The van der Waals surface area contributed by atoms with Crippen LogP contribution in [0.15, 0.2) is 59.4 Å². The molecular weight excluding hydrogens is 515 g/mol. The number of carbonyl (C=O) groups excluding carboxylic acids is 1. The summed E-state index contributed by atoms with van der Waals surface area (Å²) in [5.41, 5.74) is 1.23. The number of pyridine rings is 1. The number of nitrogens with one attached hydrogen (secondary N) is 1. The van der Waals surface area contributed by atoms with E-state index in [-0.39, 0.29) is 34.8 Å². The number of fused-ring (bicyclic) bond motifs is 1. The molecule has 9 nitrogen and oxygen atoms in total. The normalized spacial score (nSPS) is 20.5. The fraction of sp³-hybridized carbons (Fsp3) is 0.417. The van der Waals surface area contributed by atoms with Crippen molar-refractivity contribution in [1.29, 1.82) is 0 Å². The molecule has 1 amide bonds. The zero-order chi connectivity index (χ0) is 27.0. The van der Waals surface area contributed by atoms with Crippen LogP contribution in [-0.4, -0.2) is 59.1 Å². The minimum Gasteiger partial charge on any atom is -0.506 e. The van der Waals surface area contributed by atoms with Crippen LogP contribution in [0, 0.1) is 0 Å². The fourth-order valence-corrected chi connectivity index (χ4v) is 5.83. The fourth-order valence-electron chi connectivity index (χ4n) is 4.10. The Balaban J connectivity index is 1.51. The van der Waals surface area contributed by atoms with Gasteiger partial charge >= 0.3 is 6.18 Å². The molecule has 0 atom stereocenters. The summed E-state index contributed by atoms with van der Waals surface area (Å²) in [6.07, 6.45) is 4.15. The van der Waals surface area contributed by atoms with Gasteiger partial charge in [-0.3, -0.25) is 4.79 Å². The number of hydrogen-bond donors (Lipinski definition) is 2. The molecule has 2 N–H and O–H groups in total. The van der Waals surface area contributed by atoms with Gasteiger partial charge in [0, 0.05) is 28.6 Å². The van der Waals surface area contributed by atoms with E-state index >= 15 is 0 Å². The third kappa shape index (κ3) is 6.45. The summed E-state index contributed by atoms with van der Waals surface area (Å²) in [5.74, 6) is -1.11. The van der Waals surface area contributed by atoms with Crippen molar-refractivity contribution in [2.45, 2.75) is 44.8 Å². The van der Waals surface area contributed by atoms with Gasteiger partial charge in [-0.1, -0.05) is 6.08 Å². The van der Waals surface area contributed by atoms with Gasteiger partial charge in [0.1, 0.15) is 21.3 Å². The Bertz CT molecular complexity index is 1320. The molecule has 200 valence electrons. The Morgan fingerprint density at radius 2 is 1.97 bits per heavy atom. The van der Waals surface area contributed by atoms with Crippen molar-refractivity contribution in [3.8, 4) is 17.4 Å². The monoisotopic (exact) mass is 541 g/mol. The van der Waals surface area contributed by atoms with E-state index in [1.165, 1.54) is 0 Å². The Morgan fingerprint density at radius 3 is 2.65 bits per heavy atom. The summed E-state index contributed by atoms with van der Waals surface area (Å²) in [7, 11) is -3.08. The average Bonchev–Trinajstić information content (AvgIpc) is 2.81. The quantitative estimate of drug-likeness (QED) is 0.562. The third-order valence-corrected chi connectivity index (χ3v) is 7.95. The average molecular weight is 542 g/mol. The van der Waals surface area contributed by atoms with E-state index in [1.807, 2.05) is 13.0 Å². The van der Waals surface area contributed by atoms with E-state index in [9.17, 15) is 31.5 Å². The SMILES string of the molecule is CC1=C(C(=O)NC2(C)CCS(=O)(=O)CC2)CC=C2C=CC(Oc3ncc(O)cc3OCC(F)(F)F)=CN21. The van der Waals surface area contributed by atoms with Gasteiger partial charge in [-0.15, -0.1) is 0 Å². The van der Waals surface area contributed by atoms with Crippen molar-refractivity contribution < 1.29 is 41.0 Å². The predicted molar refractivity (Wildman–Crippen MR) is 127 cm³/mol. The number of halogens is 3. The second kappa shape index (κ2) is 9.77. The molecule has 1 fully saturated rings. The molecule has 4 heterocycles. The van der Waals surface area contributed by atoms with E-state index in [0.717, 1.165) is 18.0 Å². The molecule has 3 aliphatic heterocycles. The molecule has 0 spiro atoms. The van der Waals surface area contributed by atoms with E-state index in [1.54, 1.807) is 30.2 Å². The van der Waals surface area contributed by atoms with Crippen molar-refractivity contribution in [2.75, 3.05) is 18.1 Å². The topological polar surface area (TPSA) is 118 Å². The van der Waals surface area contributed by atoms with Crippen LogP contribution >= 0.6 is 0 Å². The number of allylic oxidation sites excluding steroid dienone is 4. The molecule has 0 bridgehead atoms. The maximum absolute atomic E-state index is 13.1. The highest BCUT2D eigenvalue weighted by Gasteiger charge is 2.36. The van der Waals surface area contributed by atoms with Crippen LogP contribution in [0.4, 0.5) is 13.2 Å². The molecule has 1 aromatic heterocycles. The standard InChI is InChI=1S/C24H26F3N3O6S/c1-15-19(21(32)29-23(2)7-9-37(33,34)10-8-23)6-4-16-3-5-18(13-30(15)16)36-22-20(11-17(31)12-28-22)35-14-24(25,26)27/h3-5,11-13,31H,6-10,14H2,1-2H3,(H,29,32). The summed E-state index contributed by atoms with van der Waals surface area (Å²) in [6, 6.07) is 0.970. The van der Waals surface area contributed by atoms with Crippen LogP contribution in [0.25, 0.3) is 0 Å². The number of alkyl halides is 3. The highest BCUT2D eigenvalue weighted by Crippen LogP contribution is 2.35. The van der Waals surface area contributed by atoms with E-state index in [2.05, 4.69) is 10.3 Å². The molecule has 13 heteroatoms. The summed E-state index contributed by atoms with van der Waals surface area (Å²) in [6.45, 7) is 1.99. The maximum Gasteiger partial charge on any atom is 0.422 e. The van der Waals surface area contributed by atoms with Crippen molar-refractivity contribution in [1.82, 2.24) is 15.2 Å². The molecule has 0 unspecified atom stereocenters. The van der Waals surface area contributed by atoms with Crippen LogP contribution < -0.4 is 14.8 Å². The van der Waals surface area contributed by atoms with Gasteiger partial charge < -0.3 is 24.8 Å². The Morgan fingerprint density at radius 1 is 1.27 bits per heavy atom. The first-order chi connectivity index (χ1) is 17.2. The third-order valence-electron chi connectivity index (χ3n) is 6.30. The molecule has 0 saturated carbocycles. The van der Waals surface area contributed by atoms with Crippen LogP contribution in [0.1, 0.15) is 33.1 Å². The molecule has 4 rings (SSSR count). The zero-order valence-corrected chi connectivity index (χ0v) is 20.9. The molecule has 3 aliphatic rings. The van der Waals surface area contributed by atoms with Crippen LogP contribution in [0.5, 0.6) is 17.4 Å². The highest BCUT2D eigenvalue weighted by molar-refractivity contribution is 7.91. The number of rotatable bonds is 6. The lowest BCUT2D eigenvalue weighted by Gasteiger charge is -2.36. The summed E-state index contributed by atoms with van der Waals surface area (Å²) in [5, 5.41) is 12.6. The lowest BCUT2D eigenvalue weighted by atomic mass is 9.93. The number of nitrogens with zero attached hydrogens (tertiary/aromatic N) is 2.